The lowest BCUT2D eigenvalue weighted by Crippen LogP contribution is -2.55. The zero-order valence-corrected chi connectivity index (χ0v) is 15.4. The quantitative estimate of drug-likeness (QED) is 0.796. The average molecular weight is 396 g/mol. The smallest absolute Gasteiger partial charge is 0.338 e. The molecule has 0 unspecified atom stereocenters. The summed E-state index contributed by atoms with van der Waals surface area (Å²) in [5.41, 5.74) is -0.692. The third kappa shape index (κ3) is 4.32. The third-order valence-corrected chi connectivity index (χ3v) is 4.60. The fourth-order valence-corrected chi connectivity index (χ4v) is 3.17. The fourth-order valence-electron chi connectivity index (χ4n) is 3.17. The maximum atomic E-state index is 12.8. The Labute approximate surface area is 159 Å². The molecule has 2 amide bonds. The SMILES string of the molecule is CC(=O)N1CCN(C(=O)Cc2noc(-c3cccc(C(F)(F)F)c3)n2)C[C@@H]1C. The van der Waals surface area contributed by atoms with Gasteiger partial charge in [-0.2, -0.15) is 18.2 Å². The second-order valence-electron chi connectivity index (χ2n) is 6.67. The summed E-state index contributed by atoms with van der Waals surface area (Å²) in [6.07, 6.45) is -4.61. The normalized spacial score (nSPS) is 17.7. The van der Waals surface area contributed by atoms with E-state index in [1.807, 2.05) is 6.92 Å². The number of benzene rings is 1. The lowest BCUT2D eigenvalue weighted by atomic mass is 10.1. The van der Waals surface area contributed by atoms with Crippen LogP contribution in [0.3, 0.4) is 0 Å². The van der Waals surface area contributed by atoms with Gasteiger partial charge in [0.2, 0.25) is 11.8 Å². The molecule has 1 aliphatic heterocycles. The molecule has 0 saturated carbocycles. The van der Waals surface area contributed by atoms with Crippen LogP contribution in [0.25, 0.3) is 11.5 Å². The zero-order chi connectivity index (χ0) is 20.5. The first-order valence-electron chi connectivity index (χ1n) is 8.70. The van der Waals surface area contributed by atoms with E-state index in [1.54, 1.807) is 9.80 Å². The standard InChI is InChI=1S/C18H19F3N4O3/c1-11-10-24(6-7-25(11)12(2)26)16(27)9-15-22-17(28-23-15)13-4-3-5-14(8-13)18(19,20)21/h3-5,8,11H,6-7,9-10H2,1-2H3/t11-/m0/s1. The van der Waals surface area contributed by atoms with Crippen LogP contribution in [0, 0.1) is 0 Å². The molecule has 0 spiro atoms. The molecule has 0 radical (unpaired) electrons. The summed E-state index contributed by atoms with van der Waals surface area (Å²) in [7, 11) is 0. The minimum atomic E-state index is -4.48. The number of piperazine rings is 1. The van der Waals surface area contributed by atoms with Gasteiger partial charge in [-0.15, -0.1) is 0 Å². The highest BCUT2D eigenvalue weighted by atomic mass is 19.4. The second kappa shape index (κ2) is 7.61. The van der Waals surface area contributed by atoms with Gasteiger partial charge >= 0.3 is 6.18 Å². The van der Waals surface area contributed by atoms with Crippen molar-refractivity contribution in [2.75, 3.05) is 19.6 Å². The van der Waals surface area contributed by atoms with E-state index in [-0.39, 0.29) is 41.6 Å². The summed E-state index contributed by atoms with van der Waals surface area (Å²) in [4.78, 5) is 31.4. The summed E-state index contributed by atoms with van der Waals surface area (Å²) >= 11 is 0. The number of carbonyl (C=O) groups excluding carboxylic acids is 2. The van der Waals surface area contributed by atoms with Crippen LogP contribution < -0.4 is 0 Å². The van der Waals surface area contributed by atoms with Crippen LogP contribution in [-0.4, -0.2) is 57.4 Å². The van der Waals surface area contributed by atoms with Gasteiger partial charge in [0.15, 0.2) is 5.82 Å². The van der Waals surface area contributed by atoms with E-state index >= 15 is 0 Å². The van der Waals surface area contributed by atoms with Crippen molar-refractivity contribution in [2.45, 2.75) is 32.5 Å². The molecule has 3 rings (SSSR count). The van der Waals surface area contributed by atoms with Crippen molar-refractivity contribution in [3.63, 3.8) is 0 Å². The van der Waals surface area contributed by atoms with E-state index in [0.717, 1.165) is 12.1 Å². The van der Waals surface area contributed by atoms with E-state index < -0.39 is 11.7 Å². The molecule has 28 heavy (non-hydrogen) atoms. The van der Waals surface area contributed by atoms with Crippen LogP contribution in [0.1, 0.15) is 25.2 Å². The summed E-state index contributed by atoms with van der Waals surface area (Å²) in [5.74, 6) is -0.252. The van der Waals surface area contributed by atoms with Crippen molar-refractivity contribution in [3.8, 4) is 11.5 Å². The zero-order valence-electron chi connectivity index (χ0n) is 15.4. The highest BCUT2D eigenvalue weighted by Crippen LogP contribution is 2.31. The number of nitrogens with zero attached hydrogens (tertiary/aromatic N) is 4. The summed E-state index contributed by atoms with van der Waals surface area (Å²) in [5, 5.41) is 3.70. The van der Waals surface area contributed by atoms with E-state index in [9.17, 15) is 22.8 Å². The van der Waals surface area contributed by atoms with Gasteiger partial charge in [0.05, 0.1) is 12.0 Å². The molecule has 1 aromatic carbocycles. The maximum absolute atomic E-state index is 12.8. The van der Waals surface area contributed by atoms with E-state index in [2.05, 4.69) is 10.1 Å². The van der Waals surface area contributed by atoms with Gasteiger partial charge in [0.25, 0.3) is 5.89 Å². The molecule has 10 heteroatoms. The number of rotatable bonds is 3. The van der Waals surface area contributed by atoms with Crippen molar-refractivity contribution in [2.24, 2.45) is 0 Å². The largest absolute Gasteiger partial charge is 0.416 e. The average Bonchev–Trinajstić information content (AvgIpc) is 3.09. The molecule has 1 saturated heterocycles. The monoisotopic (exact) mass is 396 g/mol. The Balaban J connectivity index is 1.67. The van der Waals surface area contributed by atoms with Crippen LogP contribution in [0.15, 0.2) is 28.8 Å². The summed E-state index contributed by atoms with van der Waals surface area (Å²) < 4.78 is 43.5. The first-order chi connectivity index (χ1) is 13.1. The number of aromatic nitrogens is 2. The lowest BCUT2D eigenvalue weighted by Gasteiger charge is -2.39. The molecule has 7 nitrogen and oxygen atoms in total. The van der Waals surface area contributed by atoms with Crippen molar-refractivity contribution in [1.82, 2.24) is 19.9 Å². The predicted octanol–water partition coefficient (Wildman–Crippen LogP) is 2.38. The number of amides is 2. The van der Waals surface area contributed by atoms with Crippen LogP contribution >= 0.6 is 0 Å². The number of alkyl halides is 3. The highest BCUT2D eigenvalue weighted by molar-refractivity contribution is 5.79. The van der Waals surface area contributed by atoms with Gasteiger partial charge in [-0.25, -0.2) is 0 Å². The van der Waals surface area contributed by atoms with Gasteiger partial charge in [-0.1, -0.05) is 11.2 Å². The molecule has 1 fully saturated rings. The Hall–Kier alpha value is -2.91. The van der Waals surface area contributed by atoms with E-state index in [4.69, 9.17) is 4.52 Å². The number of hydrogen-bond acceptors (Lipinski definition) is 5. The molecule has 1 aromatic heterocycles. The minimum absolute atomic E-state index is 0.0384. The Morgan fingerprint density at radius 3 is 2.68 bits per heavy atom. The first kappa shape index (κ1) is 19.8. The molecule has 1 atom stereocenters. The van der Waals surface area contributed by atoms with Gasteiger partial charge in [-0.3, -0.25) is 9.59 Å². The van der Waals surface area contributed by atoms with Crippen molar-refractivity contribution < 1.29 is 27.3 Å². The lowest BCUT2D eigenvalue weighted by molar-refractivity contribution is -0.140. The molecule has 0 N–H and O–H groups in total. The number of halogens is 3. The topological polar surface area (TPSA) is 79.5 Å². The molecule has 0 aliphatic carbocycles. The van der Waals surface area contributed by atoms with Crippen LogP contribution in [-0.2, 0) is 22.2 Å². The van der Waals surface area contributed by atoms with Gasteiger partial charge < -0.3 is 14.3 Å². The van der Waals surface area contributed by atoms with Gasteiger partial charge in [0, 0.05) is 38.2 Å². The fraction of sp³-hybridized carbons (Fsp3) is 0.444. The first-order valence-corrected chi connectivity index (χ1v) is 8.70. The van der Waals surface area contributed by atoms with Gasteiger partial charge in [-0.05, 0) is 25.1 Å². The van der Waals surface area contributed by atoms with Crippen molar-refractivity contribution in [1.29, 1.82) is 0 Å². The molecule has 2 aromatic rings. The van der Waals surface area contributed by atoms with E-state index in [1.165, 1.54) is 19.1 Å². The van der Waals surface area contributed by atoms with Crippen LogP contribution in [0.4, 0.5) is 13.2 Å². The van der Waals surface area contributed by atoms with Crippen molar-refractivity contribution >= 4 is 11.8 Å². The maximum Gasteiger partial charge on any atom is 0.416 e. The summed E-state index contributed by atoms with van der Waals surface area (Å²) in [6, 6.07) is 4.45. The van der Waals surface area contributed by atoms with Crippen LogP contribution in [0.2, 0.25) is 0 Å². The molecule has 1 aliphatic rings. The Kier molecular flexibility index (Phi) is 5.39. The third-order valence-electron chi connectivity index (χ3n) is 4.60. The summed E-state index contributed by atoms with van der Waals surface area (Å²) in [6.45, 7) is 4.60. The molecule has 0 bridgehead atoms. The minimum Gasteiger partial charge on any atom is -0.338 e. The second-order valence-corrected chi connectivity index (χ2v) is 6.67. The highest BCUT2D eigenvalue weighted by Gasteiger charge is 2.31. The molecular formula is C18H19F3N4O3. The number of hydrogen-bond donors (Lipinski definition) is 0. The van der Waals surface area contributed by atoms with Gasteiger partial charge in [0.1, 0.15) is 0 Å². The molecule has 2 heterocycles. The number of carbonyl (C=O) groups is 2. The molecule has 150 valence electrons. The predicted molar refractivity (Wildman–Crippen MR) is 91.9 cm³/mol. The Morgan fingerprint density at radius 1 is 1.29 bits per heavy atom. The van der Waals surface area contributed by atoms with Crippen molar-refractivity contribution in [3.05, 3.63) is 35.7 Å². The molecular weight excluding hydrogens is 377 g/mol. The Morgan fingerprint density at radius 2 is 2.04 bits per heavy atom. The van der Waals surface area contributed by atoms with E-state index in [0.29, 0.717) is 19.6 Å². The van der Waals surface area contributed by atoms with Crippen LogP contribution in [0.5, 0.6) is 0 Å². The Bertz CT molecular complexity index is 881.